The zero-order valence-electron chi connectivity index (χ0n) is 10.8. The predicted octanol–water partition coefficient (Wildman–Crippen LogP) is 2.58. The van der Waals surface area contributed by atoms with Crippen LogP contribution in [0.5, 0.6) is 0 Å². The summed E-state index contributed by atoms with van der Waals surface area (Å²) in [6.45, 7) is 4.30. The van der Waals surface area contributed by atoms with Crippen molar-refractivity contribution in [3.05, 3.63) is 32.1 Å². The van der Waals surface area contributed by atoms with E-state index in [0.717, 1.165) is 19.3 Å². The van der Waals surface area contributed by atoms with Crippen LogP contribution < -0.4 is 11.2 Å². The number of aromatic nitrogens is 2. The number of hydrogen-bond acceptors (Lipinski definition) is 2. The lowest BCUT2D eigenvalue weighted by Gasteiger charge is -2.34. The molecule has 4 nitrogen and oxygen atoms in total. The van der Waals surface area contributed by atoms with Gasteiger partial charge in [-0.25, -0.2) is 4.79 Å². The third-order valence-electron chi connectivity index (χ3n) is 3.90. The van der Waals surface area contributed by atoms with Crippen molar-refractivity contribution in [2.24, 2.45) is 11.8 Å². The summed E-state index contributed by atoms with van der Waals surface area (Å²) in [7, 11) is 0. The van der Waals surface area contributed by atoms with E-state index in [9.17, 15) is 9.59 Å². The highest BCUT2D eigenvalue weighted by molar-refractivity contribution is 6.29. The molecule has 1 aliphatic rings. The van der Waals surface area contributed by atoms with Gasteiger partial charge in [0.25, 0.3) is 5.56 Å². The molecule has 0 saturated heterocycles. The van der Waals surface area contributed by atoms with Gasteiger partial charge in [0.1, 0.15) is 5.15 Å². The Labute approximate surface area is 111 Å². The zero-order chi connectivity index (χ0) is 13.3. The molecule has 2 unspecified atom stereocenters. The van der Waals surface area contributed by atoms with Gasteiger partial charge in [0.05, 0.1) is 0 Å². The first-order valence-electron chi connectivity index (χ1n) is 6.52. The van der Waals surface area contributed by atoms with E-state index in [1.54, 1.807) is 0 Å². The average molecular weight is 271 g/mol. The topological polar surface area (TPSA) is 54.9 Å². The fourth-order valence-corrected chi connectivity index (χ4v) is 3.20. The van der Waals surface area contributed by atoms with E-state index in [2.05, 4.69) is 18.8 Å². The van der Waals surface area contributed by atoms with Crippen LogP contribution in [0.15, 0.2) is 15.7 Å². The Morgan fingerprint density at radius 1 is 1.33 bits per heavy atom. The Morgan fingerprint density at radius 2 is 2.00 bits per heavy atom. The molecule has 2 atom stereocenters. The van der Waals surface area contributed by atoms with E-state index in [1.165, 1.54) is 17.1 Å². The Bertz CT molecular complexity index is 501. The van der Waals surface area contributed by atoms with E-state index in [-0.39, 0.29) is 22.4 Å². The van der Waals surface area contributed by atoms with Crippen LogP contribution in [0.1, 0.15) is 45.6 Å². The summed E-state index contributed by atoms with van der Waals surface area (Å²) in [5.74, 6) is 0.857. The van der Waals surface area contributed by atoms with Gasteiger partial charge >= 0.3 is 5.69 Å². The van der Waals surface area contributed by atoms with Gasteiger partial charge < -0.3 is 0 Å². The Kier molecular flexibility index (Phi) is 3.95. The lowest BCUT2D eigenvalue weighted by atomic mass is 9.77. The van der Waals surface area contributed by atoms with Crippen LogP contribution in [0.2, 0.25) is 5.15 Å². The van der Waals surface area contributed by atoms with Gasteiger partial charge in [0, 0.05) is 12.1 Å². The summed E-state index contributed by atoms with van der Waals surface area (Å²) in [4.78, 5) is 26.4. The molecule has 18 heavy (non-hydrogen) atoms. The van der Waals surface area contributed by atoms with Gasteiger partial charge in [-0.05, 0) is 24.7 Å². The number of aromatic amines is 1. The standard InChI is InChI=1S/C13H19ClN2O2/c1-8(2)9-5-3-4-6-10(9)16-12(17)7-11(14)15-13(16)18/h7-10H,3-6H2,1-2H3,(H,15,18). The SMILES string of the molecule is CC(C)C1CCCCC1n1c(=O)cc(Cl)[nH]c1=O. The summed E-state index contributed by atoms with van der Waals surface area (Å²) in [5, 5.41) is 0.109. The summed E-state index contributed by atoms with van der Waals surface area (Å²) < 4.78 is 1.36. The number of nitrogens with one attached hydrogen (secondary N) is 1. The van der Waals surface area contributed by atoms with Gasteiger partial charge in [-0.2, -0.15) is 0 Å². The van der Waals surface area contributed by atoms with Crippen molar-refractivity contribution in [2.45, 2.75) is 45.6 Å². The maximum absolute atomic E-state index is 12.0. The molecule has 0 aliphatic heterocycles. The molecule has 1 aromatic heterocycles. The molecule has 5 heteroatoms. The second kappa shape index (κ2) is 5.31. The summed E-state index contributed by atoms with van der Waals surface area (Å²) in [6.07, 6.45) is 4.23. The van der Waals surface area contributed by atoms with Crippen LogP contribution in [0.3, 0.4) is 0 Å². The summed E-state index contributed by atoms with van der Waals surface area (Å²) >= 11 is 5.69. The average Bonchev–Trinajstić information content (AvgIpc) is 2.28. The van der Waals surface area contributed by atoms with Crippen LogP contribution in [-0.2, 0) is 0 Å². The van der Waals surface area contributed by atoms with Crippen molar-refractivity contribution < 1.29 is 0 Å². The van der Waals surface area contributed by atoms with Crippen molar-refractivity contribution in [1.29, 1.82) is 0 Å². The van der Waals surface area contributed by atoms with Crippen molar-refractivity contribution in [1.82, 2.24) is 9.55 Å². The normalized spacial score (nSPS) is 24.4. The van der Waals surface area contributed by atoms with Crippen LogP contribution in [0.25, 0.3) is 0 Å². The highest BCUT2D eigenvalue weighted by Gasteiger charge is 2.30. The largest absolute Gasteiger partial charge is 0.329 e. The van der Waals surface area contributed by atoms with E-state index >= 15 is 0 Å². The summed E-state index contributed by atoms with van der Waals surface area (Å²) in [6, 6.07) is 1.29. The Balaban J connectivity index is 2.46. The second-order valence-corrected chi connectivity index (χ2v) is 5.80. The van der Waals surface area contributed by atoms with Crippen molar-refractivity contribution in [3.63, 3.8) is 0 Å². The highest BCUT2D eigenvalue weighted by Crippen LogP contribution is 2.36. The van der Waals surface area contributed by atoms with Crippen LogP contribution in [0, 0.1) is 11.8 Å². The van der Waals surface area contributed by atoms with Gasteiger partial charge in [0.2, 0.25) is 0 Å². The summed E-state index contributed by atoms with van der Waals surface area (Å²) in [5.41, 5.74) is -0.675. The number of rotatable bonds is 2. The van der Waals surface area contributed by atoms with Gasteiger partial charge in [0.15, 0.2) is 0 Å². The quantitative estimate of drug-likeness (QED) is 0.840. The number of nitrogens with zero attached hydrogens (tertiary/aromatic N) is 1. The van der Waals surface area contributed by atoms with Crippen molar-refractivity contribution in [3.8, 4) is 0 Å². The molecule has 0 aromatic carbocycles. The monoisotopic (exact) mass is 270 g/mol. The third-order valence-corrected chi connectivity index (χ3v) is 4.11. The third kappa shape index (κ3) is 2.53. The molecule has 1 heterocycles. The Hall–Kier alpha value is -1.03. The van der Waals surface area contributed by atoms with Crippen LogP contribution in [0.4, 0.5) is 0 Å². The first-order chi connectivity index (χ1) is 8.50. The molecule has 0 spiro atoms. The molecule has 0 radical (unpaired) electrons. The van der Waals surface area contributed by atoms with Crippen molar-refractivity contribution >= 4 is 11.6 Å². The lowest BCUT2D eigenvalue weighted by Crippen LogP contribution is -2.42. The molecule has 1 aliphatic carbocycles. The molecular weight excluding hydrogens is 252 g/mol. The zero-order valence-corrected chi connectivity index (χ0v) is 11.5. The first kappa shape index (κ1) is 13.4. The molecule has 2 rings (SSSR count). The molecule has 1 fully saturated rings. The minimum absolute atomic E-state index is 0.00673. The molecule has 0 bridgehead atoms. The fraction of sp³-hybridized carbons (Fsp3) is 0.692. The highest BCUT2D eigenvalue weighted by atomic mass is 35.5. The minimum atomic E-state index is -0.384. The fourth-order valence-electron chi connectivity index (χ4n) is 3.03. The predicted molar refractivity (Wildman–Crippen MR) is 72.2 cm³/mol. The van der Waals surface area contributed by atoms with E-state index in [4.69, 9.17) is 11.6 Å². The molecule has 100 valence electrons. The van der Waals surface area contributed by atoms with Crippen LogP contribution >= 0.6 is 11.6 Å². The molecule has 1 saturated carbocycles. The maximum Gasteiger partial charge on any atom is 0.329 e. The smallest absolute Gasteiger partial charge is 0.298 e. The minimum Gasteiger partial charge on any atom is -0.298 e. The van der Waals surface area contributed by atoms with E-state index in [0.29, 0.717) is 11.8 Å². The van der Waals surface area contributed by atoms with Gasteiger partial charge in [-0.3, -0.25) is 14.3 Å². The Morgan fingerprint density at radius 3 is 2.61 bits per heavy atom. The number of H-pyrrole nitrogens is 1. The maximum atomic E-state index is 12.0. The molecule has 1 N–H and O–H groups in total. The van der Waals surface area contributed by atoms with E-state index in [1.807, 2.05) is 0 Å². The first-order valence-corrected chi connectivity index (χ1v) is 6.90. The number of halogens is 1. The van der Waals surface area contributed by atoms with Gasteiger partial charge in [-0.1, -0.05) is 38.3 Å². The van der Waals surface area contributed by atoms with Crippen LogP contribution in [-0.4, -0.2) is 9.55 Å². The lowest BCUT2D eigenvalue weighted by molar-refractivity contribution is 0.176. The molecule has 0 amide bonds. The molecule has 1 aromatic rings. The number of hydrogen-bond donors (Lipinski definition) is 1. The van der Waals surface area contributed by atoms with Gasteiger partial charge in [-0.15, -0.1) is 0 Å². The second-order valence-electron chi connectivity index (χ2n) is 5.39. The van der Waals surface area contributed by atoms with E-state index < -0.39 is 0 Å². The van der Waals surface area contributed by atoms with Crippen molar-refractivity contribution in [2.75, 3.05) is 0 Å². The molecular formula is C13H19ClN2O2.